The zero-order valence-electron chi connectivity index (χ0n) is 17.4. The van der Waals surface area contributed by atoms with E-state index in [0.29, 0.717) is 28.4 Å². The second-order valence-electron chi connectivity index (χ2n) is 6.91. The zero-order valence-corrected chi connectivity index (χ0v) is 17.4. The molecular formula is C25H24O6. The second-order valence-corrected chi connectivity index (χ2v) is 6.91. The first-order chi connectivity index (χ1) is 15.0. The number of hydrogen-bond donors (Lipinski definition) is 0. The number of ether oxygens (including phenoxy) is 4. The third-order valence-electron chi connectivity index (χ3n) is 4.07. The van der Waals surface area contributed by atoms with E-state index in [1.807, 2.05) is 44.2 Å². The van der Waals surface area contributed by atoms with Crippen molar-refractivity contribution in [2.24, 2.45) is 0 Å². The smallest absolute Gasteiger partial charge is 0.343 e. The third kappa shape index (κ3) is 6.89. The topological polar surface area (TPSA) is 71.1 Å². The molecule has 0 saturated carbocycles. The summed E-state index contributed by atoms with van der Waals surface area (Å²) < 4.78 is 21.7. The summed E-state index contributed by atoms with van der Waals surface area (Å²) in [6.45, 7) is 4.20. The molecule has 3 rings (SSSR count). The molecule has 0 spiro atoms. The summed E-state index contributed by atoms with van der Waals surface area (Å²) >= 11 is 0. The molecule has 0 radical (unpaired) electrons. The Bertz CT molecular complexity index is 996. The molecular weight excluding hydrogens is 396 g/mol. The molecule has 31 heavy (non-hydrogen) atoms. The van der Waals surface area contributed by atoms with Crippen LogP contribution in [0.25, 0.3) is 0 Å². The van der Waals surface area contributed by atoms with Crippen molar-refractivity contribution in [3.8, 4) is 17.2 Å². The molecule has 3 aromatic rings. The molecule has 0 atom stereocenters. The minimum absolute atomic E-state index is 0.00321. The molecule has 0 aliphatic carbocycles. The highest BCUT2D eigenvalue weighted by Gasteiger charge is 2.12. The second kappa shape index (κ2) is 10.8. The van der Waals surface area contributed by atoms with Gasteiger partial charge in [-0.25, -0.2) is 9.59 Å². The van der Waals surface area contributed by atoms with Gasteiger partial charge in [0.15, 0.2) is 0 Å². The number of hydrogen-bond acceptors (Lipinski definition) is 6. The number of carbonyl (C=O) groups excluding carboxylic acids is 2. The summed E-state index contributed by atoms with van der Waals surface area (Å²) in [5.74, 6) is 0.643. The summed E-state index contributed by atoms with van der Waals surface area (Å²) in [4.78, 5) is 24.5. The molecule has 0 N–H and O–H groups in total. The van der Waals surface area contributed by atoms with E-state index in [2.05, 4.69) is 0 Å². The highest BCUT2D eigenvalue weighted by atomic mass is 16.6. The summed E-state index contributed by atoms with van der Waals surface area (Å²) in [5, 5.41) is 0. The summed E-state index contributed by atoms with van der Waals surface area (Å²) in [6, 6.07) is 22.3. The Morgan fingerprint density at radius 2 is 1.42 bits per heavy atom. The Morgan fingerprint density at radius 3 is 2.13 bits per heavy atom. The maximum absolute atomic E-state index is 12.4. The Hall–Kier alpha value is -3.80. The summed E-state index contributed by atoms with van der Waals surface area (Å²) in [6.07, 6.45) is 0.00321. The minimum Gasteiger partial charge on any atom is -0.491 e. The van der Waals surface area contributed by atoms with E-state index in [-0.39, 0.29) is 19.3 Å². The van der Waals surface area contributed by atoms with Crippen LogP contribution in [0, 0.1) is 0 Å². The van der Waals surface area contributed by atoms with Crippen LogP contribution in [0.3, 0.4) is 0 Å². The van der Waals surface area contributed by atoms with Gasteiger partial charge >= 0.3 is 11.9 Å². The standard InChI is InChI=1S/C25H24O6/c1-18(2)30-23-10-6-7-20(17-23)25(27)31-22-13-11-19(12-14-22)24(26)29-16-15-28-21-8-4-3-5-9-21/h3-14,17-18H,15-16H2,1-2H3. The van der Waals surface area contributed by atoms with E-state index in [9.17, 15) is 9.59 Å². The first-order valence-corrected chi connectivity index (χ1v) is 9.95. The van der Waals surface area contributed by atoms with Crippen LogP contribution in [0.2, 0.25) is 0 Å². The molecule has 0 aromatic heterocycles. The lowest BCUT2D eigenvalue weighted by Crippen LogP contribution is -2.13. The van der Waals surface area contributed by atoms with E-state index in [0.717, 1.165) is 0 Å². The Balaban J connectivity index is 1.49. The van der Waals surface area contributed by atoms with Gasteiger partial charge in [-0.2, -0.15) is 0 Å². The fourth-order valence-corrected chi connectivity index (χ4v) is 2.69. The van der Waals surface area contributed by atoms with Crippen molar-refractivity contribution in [1.82, 2.24) is 0 Å². The molecule has 0 amide bonds. The van der Waals surface area contributed by atoms with Crippen LogP contribution < -0.4 is 14.2 Å². The van der Waals surface area contributed by atoms with Crippen LogP contribution >= 0.6 is 0 Å². The zero-order chi connectivity index (χ0) is 22.1. The van der Waals surface area contributed by atoms with Gasteiger partial charge in [-0.15, -0.1) is 0 Å². The Labute approximate surface area is 181 Å². The molecule has 160 valence electrons. The lowest BCUT2D eigenvalue weighted by molar-refractivity contribution is 0.0450. The lowest BCUT2D eigenvalue weighted by Gasteiger charge is -2.11. The fourth-order valence-electron chi connectivity index (χ4n) is 2.69. The maximum atomic E-state index is 12.4. The van der Waals surface area contributed by atoms with Crippen LogP contribution in [-0.4, -0.2) is 31.3 Å². The SMILES string of the molecule is CC(C)Oc1cccc(C(=O)Oc2ccc(C(=O)OCCOc3ccccc3)cc2)c1. The molecule has 0 aliphatic rings. The van der Waals surface area contributed by atoms with E-state index in [4.69, 9.17) is 18.9 Å². The van der Waals surface area contributed by atoms with Crippen LogP contribution in [0.4, 0.5) is 0 Å². The number of para-hydroxylation sites is 1. The maximum Gasteiger partial charge on any atom is 0.343 e. The molecule has 0 bridgehead atoms. The van der Waals surface area contributed by atoms with Gasteiger partial charge in [0, 0.05) is 0 Å². The lowest BCUT2D eigenvalue weighted by atomic mass is 10.2. The molecule has 0 fully saturated rings. The van der Waals surface area contributed by atoms with E-state index >= 15 is 0 Å². The average molecular weight is 420 g/mol. The predicted octanol–water partition coefficient (Wildman–Crippen LogP) is 4.93. The Morgan fingerprint density at radius 1 is 0.710 bits per heavy atom. The van der Waals surface area contributed by atoms with Crippen molar-refractivity contribution in [1.29, 1.82) is 0 Å². The highest BCUT2D eigenvalue weighted by Crippen LogP contribution is 2.19. The molecule has 0 saturated heterocycles. The summed E-state index contributed by atoms with van der Waals surface area (Å²) in [7, 11) is 0. The van der Waals surface area contributed by atoms with Crippen molar-refractivity contribution in [3.05, 3.63) is 90.0 Å². The van der Waals surface area contributed by atoms with Gasteiger partial charge in [0.1, 0.15) is 30.5 Å². The van der Waals surface area contributed by atoms with E-state index in [1.165, 1.54) is 0 Å². The van der Waals surface area contributed by atoms with Crippen molar-refractivity contribution in [2.45, 2.75) is 20.0 Å². The molecule has 0 heterocycles. The van der Waals surface area contributed by atoms with Crippen LogP contribution in [0.5, 0.6) is 17.2 Å². The van der Waals surface area contributed by atoms with Gasteiger partial charge in [-0.05, 0) is 68.4 Å². The van der Waals surface area contributed by atoms with E-state index < -0.39 is 11.9 Å². The first-order valence-electron chi connectivity index (χ1n) is 9.95. The van der Waals surface area contributed by atoms with Crippen molar-refractivity contribution < 1.29 is 28.5 Å². The van der Waals surface area contributed by atoms with Gasteiger partial charge < -0.3 is 18.9 Å². The van der Waals surface area contributed by atoms with Gasteiger partial charge in [-0.1, -0.05) is 24.3 Å². The van der Waals surface area contributed by atoms with Crippen molar-refractivity contribution in [2.75, 3.05) is 13.2 Å². The van der Waals surface area contributed by atoms with Crippen molar-refractivity contribution in [3.63, 3.8) is 0 Å². The molecule has 0 aliphatic heterocycles. The van der Waals surface area contributed by atoms with Gasteiger partial charge in [0.05, 0.1) is 17.2 Å². The predicted molar refractivity (Wildman–Crippen MR) is 116 cm³/mol. The molecule has 3 aromatic carbocycles. The van der Waals surface area contributed by atoms with Crippen LogP contribution in [0.15, 0.2) is 78.9 Å². The van der Waals surface area contributed by atoms with Gasteiger partial charge in [0.2, 0.25) is 0 Å². The summed E-state index contributed by atoms with van der Waals surface area (Å²) in [5.41, 5.74) is 0.729. The highest BCUT2D eigenvalue weighted by molar-refractivity contribution is 5.92. The van der Waals surface area contributed by atoms with Crippen LogP contribution in [-0.2, 0) is 4.74 Å². The normalized spacial score (nSPS) is 10.4. The van der Waals surface area contributed by atoms with Gasteiger partial charge in [-0.3, -0.25) is 0 Å². The largest absolute Gasteiger partial charge is 0.491 e. The number of esters is 2. The molecule has 6 heteroatoms. The molecule has 6 nitrogen and oxygen atoms in total. The minimum atomic E-state index is -0.511. The molecule has 0 unspecified atom stereocenters. The van der Waals surface area contributed by atoms with Gasteiger partial charge in [0.25, 0.3) is 0 Å². The monoisotopic (exact) mass is 420 g/mol. The Kier molecular flexibility index (Phi) is 7.65. The number of benzene rings is 3. The van der Waals surface area contributed by atoms with Crippen LogP contribution in [0.1, 0.15) is 34.6 Å². The third-order valence-corrected chi connectivity index (χ3v) is 4.07. The first kappa shape index (κ1) is 21.9. The quantitative estimate of drug-likeness (QED) is 0.278. The number of rotatable bonds is 9. The number of carbonyl (C=O) groups is 2. The van der Waals surface area contributed by atoms with Crippen molar-refractivity contribution >= 4 is 11.9 Å². The fraction of sp³-hybridized carbons (Fsp3) is 0.200. The van der Waals surface area contributed by atoms with E-state index in [1.54, 1.807) is 48.5 Å². The average Bonchev–Trinajstić information content (AvgIpc) is 2.77.